The maximum Gasteiger partial charge on any atom is 0.317 e. The summed E-state index contributed by atoms with van der Waals surface area (Å²) in [5, 5.41) is 7.32. The molecular formula is C18H24N4O3. The minimum absolute atomic E-state index is 0.0694. The zero-order valence-electron chi connectivity index (χ0n) is 14.8. The average molecular weight is 344 g/mol. The van der Waals surface area contributed by atoms with Crippen LogP contribution in [0, 0.1) is 0 Å². The number of urea groups is 1. The van der Waals surface area contributed by atoms with Crippen LogP contribution in [0.3, 0.4) is 0 Å². The molecule has 134 valence electrons. The quantitative estimate of drug-likeness (QED) is 0.905. The summed E-state index contributed by atoms with van der Waals surface area (Å²) < 4.78 is 12.6. The number of likely N-dealkylation sites (tertiary alicyclic amines) is 1. The number of nitrogens with one attached hydrogen (secondary N) is 1. The maximum atomic E-state index is 12.6. The van der Waals surface area contributed by atoms with Crippen LogP contribution in [-0.4, -0.2) is 48.0 Å². The third kappa shape index (κ3) is 3.70. The molecule has 3 rings (SSSR count). The molecule has 0 radical (unpaired) electrons. The van der Waals surface area contributed by atoms with Crippen molar-refractivity contribution in [1.82, 2.24) is 20.0 Å². The summed E-state index contributed by atoms with van der Waals surface area (Å²) in [5.41, 5.74) is 0.916. The van der Waals surface area contributed by atoms with E-state index in [-0.39, 0.29) is 18.1 Å². The zero-order chi connectivity index (χ0) is 17.8. The first kappa shape index (κ1) is 17.1. The van der Waals surface area contributed by atoms with Crippen LogP contribution in [0.1, 0.15) is 31.0 Å². The van der Waals surface area contributed by atoms with E-state index in [0.29, 0.717) is 12.3 Å². The molecule has 1 N–H and O–H groups in total. The van der Waals surface area contributed by atoms with E-state index in [1.807, 2.05) is 47.0 Å². The lowest BCUT2D eigenvalue weighted by Gasteiger charge is -2.22. The third-order valence-electron chi connectivity index (χ3n) is 4.60. The van der Waals surface area contributed by atoms with Crippen molar-refractivity contribution in [2.75, 3.05) is 27.3 Å². The van der Waals surface area contributed by atoms with Crippen LogP contribution in [0.5, 0.6) is 11.5 Å². The fraction of sp³-hybridized carbons (Fsp3) is 0.444. The largest absolute Gasteiger partial charge is 0.497 e. The van der Waals surface area contributed by atoms with Gasteiger partial charge in [-0.2, -0.15) is 5.10 Å². The minimum atomic E-state index is -0.169. The van der Waals surface area contributed by atoms with Crippen LogP contribution in [0.4, 0.5) is 4.79 Å². The van der Waals surface area contributed by atoms with E-state index in [4.69, 9.17) is 9.47 Å². The molecule has 1 aliphatic heterocycles. The highest BCUT2D eigenvalue weighted by atomic mass is 16.5. The van der Waals surface area contributed by atoms with E-state index in [0.717, 1.165) is 24.3 Å². The number of carbonyl (C=O) groups is 1. The average Bonchev–Trinajstić information content (AvgIpc) is 3.32. The van der Waals surface area contributed by atoms with Gasteiger partial charge in [-0.25, -0.2) is 4.79 Å². The monoisotopic (exact) mass is 344 g/mol. The van der Waals surface area contributed by atoms with Crippen molar-refractivity contribution in [3.05, 3.63) is 42.2 Å². The fourth-order valence-electron chi connectivity index (χ4n) is 3.17. The zero-order valence-corrected chi connectivity index (χ0v) is 14.8. The van der Waals surface area contributed by atoms with Crippen LogP contribution >= 0.6 is 0 Å². The number of rotatable bonds is 5. The van der Waals surface area contributed by atoms with Gasteiger partial charge in [0.2, 0.25) is 0 Å². The molecule has 2 aromatic rings. The standard InChI is InChI=1S/C18H24N4O3/c1-13(16-6-5-15(24-2)11-17(16)25-3)20-18(23)21-10-7-14(12-21)22-9-4-8-19-22/h4-6,8-9,11,13-14H,7,10,12H2,1-3H3,(H,20,23)/t13-,14?/m1/s1. The lowest BCUT2D eigenvalue weighted by atomic mass is 10.1. The Balaban J connectivity index is 1.63. The van der Waals surface area contributed by atoms with Gasteiger partial charge >= 0.3 is 6.03 Å². The summed E-state index contributed by atoms with van der Waals surface area (Å²) in [7, 11) is 3.23. The number of hydrogen-bond donors (Lipinski definition) is 1. The van der Waals surface area contributed by atoms with E-state index >= 15 is 0 Å². The number of aromatic nitrogens is 2. The molecule has 0 bridgehead atoms. The summed E-state index contributed by atoms with van der Waals surface area (Å²) in [6.45, 7) is 3.34. The van der Waals surface area contributed by atoms with Crippen molar-refractivity contribution >= 4 is 6.03 Å². The van der Waals surface area contributed by atoms with Crippen molar-refractivity contribution in [3.63, 3.8) is 0 Å². The van der Waals surface area contributed by atoms with Crippen molar-refractivity contribution in [3.8, 4) is 11.5 Å². The number of methoxy groups -OCH3 is 2. The van der Waals surface area contributed by atoms with Crippen LogP contribution in [0.15, 0.2) is 36.7 Å². The Morgan fingerprint density at radius 2 is 2.20 bits per heavy atom. The molecule has 7 nitrogen and oxygen atoms in total. The number of hydrogen-bond acceptors (Lipinski definition) is 4. The molecule has 1 aromatic carbocycles. The molecule has 1 aromatic heterocycles. The van der Waals surface area contributed by atoms with Crippen LogP contribution in [-0.2, 0) is 0 Å². The van der Waals surface area contributed by atoms with Crippen LogP contribution in [0.2, 0.25) is 0 Å². The molecule has 2 atom stereocenters. The molecule has 2 heterocycles. The molecule has 1 unspecified atom stereocenters. The second-order valence-corrected chi connectivity index (χ2v) is 6.15. The topological polar surface area (TPSA) is 68.6 Å². The minimum Gasteiger partial charge on any atom is -0.497 e. The summed E-state index contributed by atoms with van der Waals surface area (Å²) in [6, 6.07) is 7.51. The number of carbonyl (C=O) groups excluding carboxylic acids is 1. The molecule has 1 aliphatic rings. The van der Waals surface area contributed by atoms with E-state index in [9.17, 15) is 4.79 Å². The number of ether oxygens (including phenoxy) is 2. The Bertz CT molecular complexity index is 717. The van der Waals surface area contributed by atoms with Gasteiger partial charge in [-0.3, -0.25) is 4.68 Å². The number of nitrogens with zero attached hydrogens (tertiary/aromatic N) is 3. The van der Waals surface area contributed by atoms with Crippen molar-refractivity contribution < 1.29 is 14.3 Å². The Morgan fingerprint density at radius 3 is 2.88 bits per heavy atom. The van der Waals surface area contributed by atoms with E-state index in [1.165, 1.54) is 0 Å². The van der Waals surface area contributed by atoms with E-state index < -0.39 is 0 Å². The van der Waals surface area contributed by atoms with Crippen molar-refractivity contribution in [1.29, 1.82) is 0 Å². The summed E-state index contributed by atoms with van der Waals surface area (Å²) in [4.78, 5) is 14.4. The van der Waals surface area contributed by atoms with Crippen molar-refractivity contribution in [2.45, 2.75) is 25.4 Å². The molecule has 0 aliphatic carbocycles. The van der Waals surface area contributed by atoms with Gasteiger partial charge in [-0.15, -0.1) is 0 Å². The van der Waals surface area contributed by atoms with Gasteiger partial charge in [-0.05, 0) is 31.5 Å². The predicted octanol–water partition coefficient (Wildman–Crippen LogP) is 2.62. The van der Waals surface area contributed by atoms with Gasteiger partial charge in [0, 0.05) is 37.1 Å². The smallest absolute Gasteiger partial charge is 0.317 e. The Labute approximate surface area is 147 Å². The van der Waals surface area contributed by atoms with Gasteiger partial charge in [0.15, 0.2) is 0 Å². The van der Waals surface area contributed by atoms with Crippen LogP contribution < -0.4 is 14.8 Å². The first-order chi connectivity index (χ1) is 12.1. The second-order valence-electron chi connectivity index (χ2n) is 6.15. The SMILES string of the molecule is COc1ccc([C@@H](C)NC(=O)N2CCC(n3cccn3)C2)c(OC)c1. The Kier molecular flexibility index (Phi) is 5.11. The molecule has 2 amide bonds. The normalized spacial score (nSPS) is 18.0. The first-order valence-electron chi connectivity index (χ1n) is 8.39. The van der Waals surface area contributed by atoms with Gasteiger partial charge in [-0.1, -0.05) is 0 Å². The Morgan fingerprint density at radius 1 is 1.36 bits per heavy atom. The lowest BCUT2D eigenvalue weighted by Crippen LogP contribution is -2.39. The number of benzene rings is 1. The highest BCUT2D eigenvalue weighted by molar-refractivity contribution is 5.75. The second kappa shape index (κ2) is 7.46. The molecule has 7 heteroatoms. The van der Waals surface area contributed by atoms with Gasteiger partial charge < -0.3 is 19.7 Å². The van der Waals surface area contributed by atoms with E-state index in [1.54, 1.807) is 20.4 Å². The molecular weight excluding hydrogens is 320 g/mol. The molecule has 1 saturated heterocycles. The number of amides is 2. The molecule has 0 spiro atoms. The summed E-state index contributed by atoms with van der Waals surface area (Å²) in [5.74, 6) is 1.42. The molecule has 25 heavy (non-hydrogen) atoms. The highest BCUT2D eigenvalue weighted by Gasteiger charge is 2.28. The summed E-state index contributed by atoms with van der Waals surface area (Å²) in [6.07, 6.45) is 4.62. The summed E-state index contributed by atoms with van der Waals surface area (Å²) >= 11 is 0. The van der Waals surface area contributed by atoms with Crippen LogP contribution in [0.25, 0.3) is 0 Å². The lowest BCUT2D eigenvalue weighted by molar-refractivity contribution is 0.203. The molecule has 0 saturated carbocycles. The highest BCUT2D eigenvalue weighted by Crippen LogP contribution is 2.29. The van der Waals surface area contributed by atoms with E-state index in [2.05, 4.69) is 10.4 Å². The third-order valence-corrected chi connectivity index (χ3v) is 4.60. The van der Waals surface area contributed by atoms with Crippen molar-refractivity contribution in [2.24, 2.45) is 0 Å². The van der Waals surface area contributed by atoms with Gasteiger partial charge in [0.05, 0.1) is 26.3 Å². The fourth-order valence-corrected chi connectivity index (χ4v) is 3.17. The maximum absolute atomic E-state index is 12.6. The first-order valence-corrected chi connectivity index (χ1v) is 8.39. The Hall–Kier alpha value is -2.70. The predicted molar refractivity (Wildman–Crippen MR) is 93.9 cm³/mol. The van der Waals surface area contributed by atoms with Gasteiger partial charge in [0.1, 0.15) is 11.5 Å². The molecule has 1 fully saturated rings. The van der Waals surface area contributed by atoms with Gasteiger partial charge in [0.25, 0.3) is 0 Å².